The number of carbonyl (C=O) groups is 3. The molecule has 0 aliphatic rings. The van der Waals surface area contributed by atoms with Gasteiger partial charge in [-0.3, -0.25) is 5.32 Å². The molecular formula is C17H23NO7. The molecule has 0 bridgehead atoms. The third kappa shape index (κ3) is 7.11. The minimum Gasteiger partial charge on any atom is -0.507 e. The number of amides is 1. The number of rotatable bonds is 10. The first-order valence-corrected chi connectivity index (χ1v) is 8.12. The fraction of sp³-hybridized carbons (Fsp3) is 0.471. The van der Waals surface area contributed by atoms with Crippen molar-refractivity contribution in [2.24, 2.45) is 0 Å². The summed E-state index contributed by atoms with van der Waals surface area (Å²) < 4.78 is 4.89. The molecule has 1 aromatic carbocycles. The van der Waals surface area contributed by atoms with Gasteiger partial charge in [0.15, 0.2) is 0 Å². The lowest BCUT2D eigenvalue weighted by molar-refractivity contribution is -0.146. The Kier molecular flexibility index (Phi) is 8.25. The third-order valence-electron chi connectivity index (χ3n) is 3.57. The molecule has 138 valence electrons. The lowest BCUT2D eigenvalue weighted by Gasteiger charge is -2.14. The average molecular weight is 353 g/mol. The van der Waals surface area contributed by atoms with Crippen molar-refractivity contribution >= 4 is 23.7 Å². The summed E-state index contributed by atoms with van der Waals surface area (Å²) in [7, 11) is 0. The van der Waals surface area contributed by atoms with Gasteiger partial charge >= 0.3 is 18.0 Å². The maximum absolute atomic E-state index is 11.8. The summed E-state index contributed by atoms with van der Waals surface area (Å²) in [5, 5.41) is 29.8. The number of phenols is 1. The summed E-state index contributed by atoms with van der Waals surface area (Å²) in [6.07, 6.45) is 2.65. The number of aliphatic carboxylic acids is 1. The molecule has 1 rings (SSSR count). The van der Waals surface area contributed by atoms with Crippen LogP contribution in [0.2, 0.25) is 0 Å². The second-order valence-corrected chi connectivity index (χ2v) is 5.60. The molecule has 0 aromatic heterocycles. The van der Waals surface area contributed by atoms with E-state index in [0.29, 0.717) is 6.42 Å². The van der Waals surface area contributed by atoms with Gasteiger partial charge in [0.05, 0.1) is 0 Å². The minimum atomic E-state index is -1.30. The predicted molar refractivity (Wildman–Crippen MR) is 90.0 cm³/mol. The highest BCUT2D eigenvalue weighted by molar-refractivity contribution is 5.93. The van der Waals surface area contributed by atoms with E-state index in [-0.39, 0.29) is 17.7 Å². The Morgan fingerprint density at radius 2 is 1.80 bits per heavy atom. The van der Waals surface area contributed by atoms with Crippen LogP contribution >= 0.6 is 0 Å². The number of aromatic hydroxyl groups is 1. The van der Waals surface area contributed by atoms with Gasteiger partial charge in [-0.05, 0) is 25.0 Å². The van der Waals surface area contributed by atoms with Crippen molar-refractivity contribution in [3.8, 4) is 5.75 Å². The Hall–Kier alpha value is -2.77. The van der Waals surface area contributed by atoms with Crippen molar-refractivity contribution in [2.45, 2.75) is 51.6 Å². The lowest BCUT2D eigenvalue weighted by Crippen LogP contribution is -2.29. The van der Waals surface area contributed by atoms with Gasteiger partial charge in [-0.15, -0.1) is 0 Å². The molecule has 0 fully saturated rings. The maximum atomic E-state index is 11.8. The van der Waals surface area contributed by atoms with Crippen LogP contribution in [0.4, 0.5) is 10.5 Å². The monoisotopic (exact) mass is 353 g/mol. The van der Waals surface area contributed by atoms with Gasteiger partial charge in [0.2, 0.25) is 6.10 Å². The number of carboxylic acid groups (broad SMARTS) is 2. The van der Waals surface area contributed by atoms with Crippen molar-refractivity contribution in [1.82, 2.24) is 0 Å². The molecule has 0 heterocycles. The number of carboxylic acids is 2. The Balaban J connectivity index is 2.55. The number of unbranched alkanes of at least 4 members (excludes halogenated alkanes) is 4. The number of nitrogens with one attached hydrogen (secondary N) is 1. The topological polar surface area (TPSA) is 133 Å². The van der Waals surface area contributed by atoms with E-state index in [1.165, 1.54) is 6.07 Å². The summed E-state index contributed by atoms with van der Waals surface area (Å²) in [5.74, 6) is -3.05. The second-order valence-electron chi connectivity index (χ2n) is 5.60. The predicted octanol–water partition coefficient (Wildman–Crippen LogP) is 3.45. The van der Waals surface area contributed by atoms with E-state index < -0.39 is 29.9 Å². The highest BCUT2D eigenvalue weighted by atomic mass is 16.6. The van der Waals surface area contributed by atoms with Crippen molar-refractivity contribution in [3.63, 3.8) is 0 Å². The normalized spacial score (nSPS) is 11.6. The summed E-state index contributed by atoms with van der Waals surface area (Å²) >= 11 is 0. The first-order chi connectivity index (χ1) is 11.8. The van der Waals surface area contributed by atoms with Crippen LogP contribution in [0.15, 0.2) is 18.2 Å². The van der Waals surface area contributed by atoms with Crippen LogP contribution in [-0.4, -0.2) is 39.5 Å². The first kappa shape index (κ1) is 20.3. The molecule has 1 amide bonds. The Labute approximate surface area is 145 Å². The van der Waals surface area contributed by atoms with Crippen molar-refractivity contribution in [3.05, 3.63) is 23.8 Å². The van der Waals surface area contributed by atoms with Crippen molar-refractivity contribution in [2.75, 3.05) is 5.32 Å². The van der Waals surface area contributed by atoms with E-state index in [0.717, 1.165) is 37.8 Å². The van der Waals surface area contributed by atoms with Crippen LogP contribution < -0.4 is 5.32 Å². The molecule has 0 aliphatic carbocycles. The maximum Gasteiger partial charge on any atom is 0.412 e. The fourth-order valence-electron chi connectivity index (χ4n) is 2.23. The standard InChI is InChI=1S/C17H23NO7/c1-2-3-4-5-6-7-14(16(22)23)25-17(24)18-11-8-9-12(15(20)21)13(19)10-11/h8-10,14,19H,2-7H2,1H3,(H,18,24)(H,20,21)(H,22,23). The SMILES string of the molecule is CCCCCCCC(OC(=O)Nc1ccc(C(=O)O)c(O)c1)C(=O)O. The summed E-state index contributed by atoms with van der Waals surface area (Å²) in [5.41, 5.74) is -0.214. The number of hydrogen-bond donors (Lipinski definition) is 4. The molecular weight excluding hydrogens is 330 g/mol. The number of hydrogen-bond acceptors (Lipinski definition) is 5. The highest BCUT2D eigenvalue weighted by Gasteiger charge is 2.22. The molecule has 8 nitrogen and oxygen atoms in total. The Morgan fingerprint density at radius 1 is 1.12 bits per heavy atom. The van der Waals surface area contributed by atoms with E-state index in [9.17, 15) is 19.5 Å². The summed E-state index contributed by atoms with van der Waals surface area (Å²) in [4.78, 5) is 33.8. The van der Waals surface area contributed by atoms with E-state index in [1.54, 1.807) is 0 Å². The first-order valence-electron chi connectivity index (χ1n) is 8.12. The highest BCUT2D eigenvalue weighted by Crippen LogP contribution is 2.22. The van der Waals surface area contributed by atoms with Gasteiger partial charge in [0.1, 0.15) is 11.3 Å². The minimum absolute atomic E-state index is 0.0968. The lowest BCUT2D eigenvalue weighted by atomic mass is 10.1. The largest absolute Gasteiger partial charge is 0.507 e. The number of carbonyl (C=O) groups excluding carboxylic acids is 1. The van der Waals surface area contributed by atoms with Gasteiger partial charge < -0.3 is 20.1 Å². The van der Waals surface area contributed by atoms with E-state index in [1.807, 2.05) is 0 Å². The molecule has 0 radical (unpaired) electrons. The smallest absolute Gasteiger partial charge is 0.412 e. The molecule has 0 saturated heterocycles. The molecule has 1 atom stereocenters. The molecule has 4 N–H and O–H groups in total. The van der Waals surface area contributed by atoms with Gasteiger partial charge in [-0.1, -0.05) is 32.6 Å². The van der Waals surface area contributed by atoms with Crippen LogP contribution in [-0.2, 0) is 9.53 Å². The zero-order valence-electron chi connectivity index (χ0n) is 14.0. The summed E-state index contributed by atoms with van der Waals surface area (Å²) in [6, 6.07) is 3.44. The van der Waals surface area contributed by atoms with Crippen LogP contribution in [0.5, 0.6) is 5.75 Å². The zero-order chi connectivity index (χ0) is 18.8. The molecule has 1 aromatic rings. The summed E-state index contributed by atoms with van der Waals surface area (Å²) in [6.45, 7) is 2.08. The molecule has 1 unspecified atom stereocenters. The van der Waals surface area contributed by atoms with E-state index in [2.05, 4.69) is 12.2 Å². The van der Waals surface area contributed by atoms with Crippen molar-refractivity contribution < 1.29 is 34.4 Å². The van der Waals surface area contributed by atoms with Gasteiger partial charge in [0, 0.05) is 11.8 Å². The molecule has 0 saturated carbocycles. The van der Waals surface area contributed by atoms with Gasteiger partial charge in [-0.2, -0.15) is 0 Å². The zero-order valence-corrected chi connectivity index (χ0v) is 14.0. The second kappa shape index (κ2) is 10.2. The van der Waals surface area contributed by atoms with Crippen LogP contribution in [0.25, 0.3) is 0 Å². The van der Waals surface area contributed by atoms with Gasteiger partial charge in [0.25, 0.3) is 0 Å². The number of anilines is 1. The third-order valence-corrected chi connectivity index (χ3v) is 3.57. The van der Waals surface area contributed by atoms with Crippen LogP contribution in [0, 0.1) is 0 Å². The average Bonchev–Trinajstić information content (AvgIpc) is 2.53. The Bertz CT molecular complexity index is 615. The number of ether oxygens (including phenoxy) is 1. The molecule has 0 spiro atoms. The van der Waals surface area contributed by atoms with Crippen LogP contribution in [0.1, 0.15) is 55.8 Å². The van der Waals surface area contributed by atoms with Crippen LogP contribution in [0.3, 0.4) is 0 Å². The fourth-order valence-corrected chi connectivity index (χ4v) is 2.23. The van der Waals surface area contributed by atoms with Gasteiger partial charge in [-0.25, -0.2) is 14.4 Å². The van der Waals surface area contributed by atoms with Crippen molar-refractivity contribution in [1.29, 1.82) is 0 Å². The quantitative estimate of drug-likeness (QED) is 0.473. The molecule has 25 heavy (non-hydrogen) atoms. The Morgan fingerprint density at radius 3 is 2.36 bits per heavy atom. The van der Waals surface area contributed by atoms with E-state index in [4.69, 9.17) is 14.9 Å². The molecule has 8 heteroatoms. The molecule has 0 aliphatic heterocycles. The number of benzene rings is 1. The number of aromatic carboxylic acids is 1. The van der Waals surface area contributed by atoms with E-state index >= 15 is 0 Å².